The fourth-order valence-corrected chi connectivity index (χ4v) is 2.31. The zero-order valence-corrected chi connectivity index (χ0v) is 8.03. The van der Waals surface area contributed by atoms with E-state index in [1.807, 2.05) is 0 Å². The molecule has 70 valence electrons. The van der Waals surface area contributed by atoms with Crippen LogP contribution in [-0.4, -0.2) is 35.2 Å². The molecule has 0 radical (unpaired) electrons. The Bertz CT molecular complexity index is 167. The van der Waals surface area contributed by atoms with Gasteiger partial charge in [-0.1, -0.05) is 0 Å². The van der Waals surface area contributed by atoms with E-state index in [0.29, 0.717) is 6.04 Å². The minimum absolute atomic E-state index is 0.0649. The lowest BCUT2D eigenvalue weighted by Crippen LogP contribution is -2.37. The third kappa shape index (κ3) is 1.64. The number of β-amino-alcohol motifs (C(OH)–C–C–N with tert-alkyl or cyclic N) is 1. The third-order valence-corrected chi connectivity index (χ3v) is 3.29. The molecule has 2 fully saturated rings. The van der Waals surface area contributed by atoms with Gasteiger partial charge in [0.2, 0.25) is 0 Å². The maximum atomic E-state index is 9.66. The molecular weight excluding hydrogens is 150 g/mol. The number of aliphatic hydroxyl groups excluding tert-OH is 1. The Balaban J connectivity index is 1.96. The number of likely N-dealkylation sites (tertiary alicyclic amines) is 1. The highest BCUT2D eigenvalue weighted by molar-refractivity contribution is 4.94. The summed E-state index contributed by atoms with van der Waals surface area (Å²) in [4.78, 5) is 2.42. The standard InChI is InChI=1S/C10H19NO/c1-7(2)11-5-9-3-8(9)4-10(12)6-11/h7-10,12H,3-6H2,1-2H3. The molecule has 2 rings (SSSR count). The Morgan fingerprint density at radius 2 is 1.92 bits per heavy atom. The fraction of sp³-hybridized carbons (Fsp3) is 1.00. The Morgan fingerprint density at radius 3 is 2.58 bits per heavy atom. The number of rotatable bonds is 1. The van der Waals surface area contributed by atoms with E-state index in [1.165, 1.54) is 13.0 Å². The molecule has 0 spiro atoms. The molecule has 0 aromatic rings. The van der Waals surface area contributed by atoms with E-state index in [4.69, 9.17) is 0 Å². The average molecular weight is 169 g/mol. The van der Waals surface area contributed by atoms with Crippen molar-refractivity contribution in [3.8, 4) is 0 Å². The van der Waals surface area contributed by atoms with Gasteiger partial charge in [-0.2, -0.15) is 0 Å². The molecule has 3 unspecified atom stereocenters. The number of nitrogens with zero attached hydrogens (tertiary/aromatic N) is 1. The molecule has 0 bridgehead atoms. The van der Waals surface area contributed by atoms with Crippen LogP contribution in [0.25, 0.3) is 0 Å². The molecule has 0 aromatic carbocycles. The Labute approximate surface area is 74.6 Å². The molecule has 1 saturated heterocycles. The first-order valence-corrected chi connectivity index (χ1v) is 5.09. The Morgan fingerprint density at radius 1 is 1.17 bits per heavy atom. The van der Waals surface area contributed by atoms with Crippen molar-refractivity contribution in [2.45, 2.75) is 38.8 Å². The summed E-state index contributed by atoms with van der Waals surface area (Å²) in [7, 11) is 0. The summed E-state index contributed by atoms with van der Waals surface area (Å²) in [6.07, 6.45) is 2.35. The summed E-state index contributed by atoms with van der Waals surface area (Å²) in [5.41, 5.74) is 0. The van der Waals surface area contributed by atoms with Crippen molar-refractivity contribution in [2.75, 3.05) is 13.1 Å². The van der Waals surface area contributed by atoms with E-state index >= 15 is 0 Å². The predicted octanol–water partition coefficient (Wildman–Crippen LogP) is 1.10. The van der Waals surface area contributed by atoms with Crippen LogP contribution in [0.2, 0.25) is 0 Å². The summed E-state index contributed by atoms with van der Waals surface area (Å²) in [6, 6.07) is 0.596. The highest BCUT2D eigenvalue weighted by atomic mass is 16.3. The lowest BCUT2D eigenvalue weighted by atomic mass is 10.2. The van der Waals surface area contributed by atoms with Gasteiger partial charge in [0.25, 0.3) is 0 Å². The Kier molecular flexibility index (Phi) is 2.13. The molecule has 1 N–H and O–H groups in total. The first-order chi connectivity index (χ1) is 5.66. The zero-order valence-electron chi connectivity index (χ0n) is 8.03. The van der Waals surface area contributed by atoms with Gasteiger partial charge in [0.15, 0.2) is 0 Å². The molecule has 1 saturated carbocycles. The normalized spacial score (nSPS) is 42.5. The van der Waals surface area contributed by atoms with E-state index < -0.39 is 0 Å². The summed E-state index contributed by atoms with van der Waals surface area (Å²) in [5.74, 6) is 1.76. The van der Waals surface area contributed by atoms with E-state index in [9.17, 15) is 5.11 Å². The van der Waals surface area contributed by atoms with Crippen LogP contribution >= 0.6 is 0 Å². The highest BCUT2D eigenvalue weighted by Gasteiger charge is 2.42. The van der Waals surface area contributed by atoms with Gasteiger partial charge in [-0.25, -0.2) is 0 Å². The maximum Gasteiger partial charge on any atom is 0.0670 e. The van der Waals surface area contributed by atoms with E-state index in [2.05, 4.69) is 18.7 Å². The number of fused-ring (bicyclic) bond motifs is 1. The summed E-state index contributed by atoms with van der Waals surface area (Å²) >= 11 is 0. The molecular formula is C10H19NO. The van der Waals surface area contributed by atoms with Crippen LogP contribution in [0.3, 0.4) is 0 Å². The third-order valence-electron chi connectivity index (χ3n) is 3.29. The molecule has 1 aliphatic carbocycles. The number of hydrogen-bond donors (Lipinski definition) is 1. The van der Waals surface area contributed by atoms with E-state index in [1.54, 1.807) is 0 Å². The van der Waals surface area contributed by atoms with Crippen LogP contribution < -0.4 is 0 Å². The van der Waals surface area contributed by atoms with Crippen molar-refractivity contribution < 1.29 is 5.11 Å². The first-order valence-electron chi connectivity index (χ1n) is 5.09. The van der Waals surface area contributed by atoms with Gasteiger partial charge in [0.1, 0.15) is 0 Å². The second kappa shape index (κ2) is 3.00. The van der Waals surface area contributed by atoms with Crippen LogP contribution in [0.15, 0.2) is 0 Å². The second-order valence-corrected chi connectivity index (χ2v) is 4.69. The summed E-state index contributed by atoms with van der Waals surface area (Å²) in [5, 5.41) is 9.66. The molecule has 0 aromatic heterocycles. The molecule has 12 heavy (non-hydrogen) atoms. The van der Waals surface area contributed by atoms with E-state index in [-0.39, 0.29) is 6.10 Å². The van der Waals surface area contributed by atoms with Crippen molar-refractivity contribution in [1.29, 1.82) is 0 Å². The predicted molar refractivity (Wildman–Crippen MR) is 48.9 cm³/mol. The zero-order chi connectivity index (χ0) is 8.72. The van der Waals surface area contributed by atoms with Crippen molar-refractivity contribution in [3.05, 3.63) is 0 Å². The minimum atomic E-state index is -0.0649. The monoisotopic (exact) mass is 169 g/mol. The molecule has 2 heteroatoms. The number of aliphatic hydroxyl groups is 1. The fourth-order valence-electron chi connectivity index (χ4n) is 2.31. The second-order valence-electron chi connectivity index (χ2n) is 4.69. The van der Waals surface area contributed by atoms with Crippen LogP contribution in [-0.2, 0) is 0 Å². The van der Waals surface area contributed by atoms with Gasteiger partial charge in [-0.3, -0.25) is 4.90 Å². The molecule has 2 nitrogen and oxygen atoms in total. The molecule has 1 aliphatic heterocycles. The van der Waals surface area contributed by atoms with Crippen LogP contribution in [0, 0.1) is 11.8 Å². The highest BCUT2D eigenvalue weighted by Crippen LogP contribution is 2.44. The van der Waals surface area contributed by atoms with Gasteiger partial charge in [-0.05, 0) is 38.5 Å². The Hall–Kier alpha value is -0.0800. The van der Waals surface area contributed by atoms with Crippen molar-refractivity contribution in [3.63, 3.8) is 0 Å². The quantitative estimate of drug-likeness (QED) is 0.635. The van der Waals surface area contributed by atoms with Crippen molar-refractivity contribution in [1.82, 2.24) is 4.90 Å². The van der Waals surface area contributed by atoms with E-state index in [0.717, 1.165) is 24.8 Å². The van der Waals surface area contributed by atoms with Crippen LogP contribution in [0.5, 0.6) is 0 Å². The van der Waals surface area contributed by atoms with Crippen molar-refractivity contribution in [2.24, 2.45) is 11.8 Å². The molecule has 1 heterocycles. The van der Waals surface area contributed by atoms with Gasteiger partial charge in [-0.15, -0.1) is 0 Å². The first kappa shape index (κ1) is 8.52. The van der Waals surface area contributed by atoms with Crippen molar-refractivity contribution >= 4 is 0 Å². The topological polar surface area (TPSA) is 23.5 Å². The van der Waals surface area contributed by atoms with Crippen LogP contribution in [0.1, 0.15) is 26.7 Å². The summed E-state index contributed by atoms with van der Waals surface area (Å²) in [6.45, 7) is 6.55. The molecule has 0 amide bonds. The largest absolute Gasteiger partial charge is 0.392 e. The SMILES string of the molecule is CC(C)N1CC(O)CC2CC2C1. The van der Waals surface area contributed by atoms with Gasteiger partial charge in [0.05, 0.1) is 6.10 Å². The summed E-state index contributed by atoms with van der Waals surface area (Å²) < 4.78 is 0. The minimum Gasteiger partial charge on any atom is -0.392 e. The lowest BCUT2D eigenvalue weighted by molar-refractivity contribution is 0.0974. The van der Waals surface area contributed by atoms with Gasteiger partial charge < -0.3 is 5.11 Å². The maximum absolute atomic E-state index is 9.66. The van der Waals surface area contributed by atoms with Crippen LogP contribution in [0.4, 0.5) is 0 Å². The smallest absolute Gasteiger partial charge is 0.0670 e. The van der Waals surface area contributed by atoms with Gasteiger partial charge >= 0.3 is 0 Å². The average Bonchev–Trinajstić information content (AvgIpc) is 2.63. The lowest BCUT2D eigenvalue weighted by Gasteiger charge is -2.26. The molecule has 2 aliphatic rings. The van der Waals surface area contributed by atoms with Gasteiger partial charge in [0, 0.05) is 19.1 Å². The molecule has 3 atom stereocenters. The number of hydrogen-bond acceptors (Lipinski definition) is 2.